The number of hydrogen-bond donors (Lipinski definition) is 1. The normalized spacial score (nSPS) is 21.9. The molecule has 2 amide bonds. The molecule has 1 spiro atoms. The van der Waals surface area contributed by atoms with Gasteiger partial charge in [-0.2, -0.15) is 4.98 Å². The van der Waals surface area contributed by atoms with Gasteiger partial charge in [0.05, 0.1) is 5.92 Å². The largest absolute Gasteiger partial charge is 0.381 e. The van der Waals surface area contributed by atoms with Gasteiger partial charge < -0.3 is 19.5 Å². The molecule has 4 rings (SSSR count). The fourth-order valence-corrected chi connectivity index (χ4v) is 4.09. The summed E-state index contributed by atoms with van der Waals surface area (Å²) in [5.41, 5.74) is 0.881. The van der Waals surface area contributed by atoms with Crippen molar-refractivity contribution in [2.45, 2.75) is 25.7 Å². The van der Waals surface area contributed by atoms with Gasteiger partial charge in [0, 0.05) is 43.8 Å². The number of amides is 2. The molecule has 2 aliphatic rings. The Morgan fingerprint density at radius 2 is 2.08 bits per heavy atom. The van der Waals surface area contributed by atoms with Crippen molar-refractivity contribution in [2.75, 3.05) is 32.8 Å². The molecule has 7 nitrogen and oxygen atoms in total. The standard InChI is InChI=1S/C19H24N4O3/c1-2-20-18(24)23-12-15(19(13-23)8-10-25-11-9-19)17-21-16(22-26-17)14-6-4-3-5-7-14/h3-7,15H,2,8-13H2,1H3,(H,20,24). The van der Waals surface area contributed by atoms with Crippen molar-refractivity contribution < 1.29 is 14.1 Å². The molecule has 3 heterocycles. The topological polar surface area (TPSA) is 80.5 Å². The highest BCUT2D eigenvalue weighted by Gasteiger charge is 2.51. The summed E-state index contributed by atoms with van der Waals surface area (Å²) < 4.78 is 11.2. The van der Waals surface area contributed by atoms with Crippen molar-refractivity contribution in [1.82, 2.24) is 20.4 Å². The number of nitrogens with zero attached hydrogens (tertiary/aromatic N) is 3. The lowest BCUT2D eigenvalue weighted by Crippen LogP contribution is -2.41. The summed E-state index contributed by atoms with van der Waals surface area (Å²) in [6.07, 6.45) is 1.80. The quantitative estimate of drug-likeness (QED) is 0.914. The van der Waals surface area contributed by atoms with Crippen molar-refractivity contribution in [3.05, 3.63) is 36.2 Å². The second-order valence-corrected chi connectivity index (χ2v) is 7.07. The summed E-state index contributed by atoms with van der Waals surface area (Å²) in [5, 5.41) is 7.08. The van der Waals surface area contributed by atoms with E-state index in [0.29, 0.717) is 44.6 Å². The van der Waals surface area contributed by atoms with Gasteiger partial charge in [-0.25, -0.2) is 4.79 Å². The van der Waals surface area contributed by atoms with Crippen molar-refractivity contribution in [2.24, 2.45) is 5.41 Å². The molecule has 2 saturated heterocycles. The molecule has 2 aromatic rings. The first-order chi connectivity index (χ1) is 12.7. The van der Waals surface area contributed by atoms with Crippen LogP contribution in [0.5, 0.6) is 0 Å². The molecule has 0 aliphatic carbocycles. The number of urea groups is 1. The second kappa shape index (κ2) is 7.07. The molecule has 2 fully saturated rings. The summed E-state index contributed by atoms with van der Waals surface area (Å²) in [6, 6.07) is 9.78. The average molecular weight is 356 g/mol. The maximum absolute atomic E-state index is 12.4. The lowest BCUT2D eigenvalue weighted by molar-refractivity contribution is 0.00943. The van der Waals surface area contributed by atoms with Gasteiger partial charge in [-0.1, -0.05) is 35.5 Å². The van der Waals surface area contributed by atoms with Crippen molar-refractivity contribution in [3.8, 4) is 11.4 Å². The van der Waals surface area contributed by atoms with Crippen LogP contribution in [0, 0.1) is 5.41 Å². The van der Waals surface area contributed by atoms with Gasteiger partial charge >= 0.3 is 6.03 Å². The molecule has 1 unspecified atom stereocenters. The minimum atomic E-state index is -0.0518. The lowest BCUT2D eigenvalue weighted by atomic mass is 9.72. The maximum Gasteiger partial charge on any atom is 0.317 e. The van der Waals surface area contributed by atoms with Crippen molar-refractivity contribution in [1.29, 1.82) is 0 Å². The second-order valence-electron chi connectivity index (χ2n) is 7.07. The first kappa shape index (κ1) is 17.0. The molecule has 2 aliphatic heterocycles. The predicted molar refractivity (Wildman–Crippen MR) is 95.6 cm³/mol. The third kappa shape index (κ3) is 3.07. The fraction of sp³-hybridized carbons (Fsp3) is 0.526. The number of ether oxygens (including phenoxy) is 1. The predicted octanol–water partition coefficient (Wildman–Crippen LogP) is 2.66. The number of carbonyl (C=O) groups excluding carboxylic acids is 1. The number of aromatic nitrogens is 2. The Morgan fingerprint density at radius 1 is 1.31 bits per heavy atom. The zero-order chi connectivity index (χ0) is 18.0. The van der Waals surface area contributed by atoms with E-state index < -0.39 is 0 Å². The van der Waals surface area contributed by atoms with Crippen LogP contribution in [-0.4, -0.2) is 53.9 Å². The van der Waals surface area contributed by atoms with E-state index in [0.717, 1.165) is 18.4 Å². The molecular formula is C19H24N4O3. The molecular weight excluding hydrogens is 332 g/mol. The van der Waals surface area contributed by atoms with Crippen LogP contribution in [-0.2, 0) is 4.74 Å². The summed E-state index contributed by atoms with van der Waals surface area (Å²) in [4.78, 5) is 18.9. The van der Waals surface area contributed by atoms with Gasteiger partial charge in [-0.05, 0) is 19.8 Å². The summed E-state index contributed by atoms with van der Waals surface area (Å²) in [5.74, 6) is 1.26. The fourth-order valence-electron chi connectivity index (χ4n) is 4.09. The van der Waals surface area contributed by atoms with Crippen LogP contribution in [0.3, 0.4) is 0 Å². The van der Waals surface area contributed by atoms with E-state index in [2.05, 4.69) is 15.5 Å². The third-order valence-corrected chi connectivity index (χ3v) is 5.52. The molecule has 1 atom stereocenters. The highest BCUT2D eigenvalue weighted by Crippen LogP contribution is 2.49. The molecule has 1 N–H and O–H groups in total. The lowest BCUT2D eigenvalue weighted by Gasteiger charge is -2.36. The molecule has 0 bridgehead atoms. The molecule has 138 valence electrons. The Bertz CT molecular complexity index is 755. The van der Waals surface area contributed by atoms with Crippen LogP contribution >= 0.6 is 0 Å². The van der Waals surface area contributed by atoms with E-state index in [1.807, 2.05) is 42.2 Å². The number of nitrogens with one attached hydrogen (secondary N) is 1. The monoisotopic (exact) mass is 356 g/mol. The van der Waals surface area contributed by atoms with Gasteiger partial charge in [-0.3, -0.25) is 0 Å². The Hall–Kier alpha value is -2.41. The molecule has 0 radical (unpaired) electrons. The zero-order valence-electron chi connectivity index (χ0n) is 15.0. The first-order valence-corrected chi connectivity index (χ1v) is 9.21. The molecule has 1 aromatic carbocycles. The highest BCUT2D eigenvalue weighted by molar-refractivity contribution is 5.74. The molecule has 7 heteroatoms. The highest BCUT2D eigenvalue weighted by atomic mass is 16.5. The number of rotatable bonds is 3. The minimum Gasteiger partial charge on any atom is -0.381 e. The Balaban J connectivity index is 1.62. The van der Waals surface area contributed by atoms with Crippen LogP contribution in [0.4, 0.5) is 4.79 Å². The average Bonchev–Trinajstić information content (AvgIpc) is 3.29. The summed E-state index contributed by atoms with van der Waals surface area (Å²) >= 11 is 0. The van der Waals surface area contributed by atoms with Gasteiger partial charge in [0.25, 0.3) is 0 Å². The third-order valence-electron chi connectivity index (χ3n) is 5.52. The van der Waals surface area contributed by atoms with Gasteiger partial charge in [0.1, 0.15) is 0 Å². The number of benzene rings is 1. The van der Waals surface area contributed by atoms with Crippen LogP contribution in [0.2, 0.25) is 0 Å². The van der Waals surface area contributed by atoms with Crippen molar-refractivity contribution in [3.63, 3.8) is 0 Å². The molecule has 1 aromatic heterocycles. The van der Waals surface area contributed by atoms with Gasteiger partial charge in [0.2, 0.25) is 11.7 Å². The molecule has 26 heavy (non-hydrogen) atoms. The van der Waals surface area contributed by atoms with E-state index in [1.54, 1.807) is 0 Å². The Labute approximate surface area is 152 Å². The summed E-state index contributed by atoms with van der Waals surface area (Å²) in [6.45, 7) is 5.27. The van der Waals surface area contributed by atoms with Gasteiger partial charge in [0.15, 0.2) is 0 Å². The van der Waals surface area contributed by atoms with E-state index in [9.17, 15) is 4.79 Å². The Morgan fingerprint density at radius 3 is 2.81 bits per heavy atom. The van der Waals surface area contributed by atoms with E-state index >= 15 is 0 Å². The smallest absolute Gasteiger partial charge is 0.317 e. The number of likely N-dealkylation sites (tertiary alicyclic amines) is 1. The van der Waals surface area contributed by atoms with E-state index in [-0.39, 0.29) is 17.4 Å². The zero-order valence-corrected chi connectivity index (χ0v) is 15.0. The Kier molecular flexibility index (Phi) is 4.63. The van der Waals surface area contributed by atoms with Crippen LogP contribution < -0.4 is 5.32 Å². The first-order valence-electron chi connectivity index (χ1n) is 9.21. The van der Waals surface area contributed by atoms with Crippen LogP contribution in [0.25, 0.3) is 11.4 Å². The van der Waals surface area contributed by atoms with E-state index in [1.165, 1.54) is 0 Å². The maximum atomic E-state index is 12.4. The minimum absolute atomic E-state index is 0.0244. The van der Waals surface area contributed by atoms with Gasteiger partial charge in [-0.15, -0.1) is 0 Å². The van der Waals surface area contributed by atoms with Crippen LogP contribution in [0.15, 0.2) is 34.9 Å². The van der Waals surface area contributed by atoms with E-state index in [4.69, 9.17) is 9.26 Å². The SMILES string of the molecule is CCNC(=O)N1CC(c2nc(-c3ccccc3)no2)C2(CCOCC2)C1. The number of carbonyl (C=O) groups is 1. The van der Waals surface area contributed by atoms with Crippen molar-refractivity contribution >= 4 is 6.03 Å². The summed E-state index contributed by atoms with van der Waals surface area (Å²) in [7, 11) is 0. The molecule has 0 saturated carbocycles. The van der Waals surface area contributed by atoms with Crippen LogP contribution in [0.1, 0.15) is 31.6 Å². The number of hydrogen-bond acceptors (Lipinski definition) is 5.